The summed E-state index contributed by atoms with van der Waals surface area (Å²) >= 11 is 0. The van der Waals surface area contributed by atoms with Crippen LogP contribution in [0.4, 0.5) is 5.69 Å². The fourth-order valence-corrected chi connectivity index (χ4v) is 2.83. The Kier molecular flexibility index (Phi) is 3.59. The highest BCUT2D eigenvalue weighted by molar-refractivity contribution is 7.92. The molecular formula is C12H16N4O2S. The summed E-state index contributed by atoms with van der Waals surface area (Å²) in [6.07, 6.45) is 2.93. The number of sulfonamides is 1. The van der Waals surface area contributed by atoms with Crippen molar-refractivity contribution in [2.24, 2.45) is 12.8 Å². The average Bonchev–Trinajstić information content (AvgIpc) is 2.85. The van der Waals surface area contributed by atoms with Gasteiger partial charge in [0.2, 0.25) is 0 Å². The summed E-state index contributed by atoms with van der Waals surface area (Å²) < 4.78 is 27.5. The molecule has 2 N–H and O–H groups in total. The molecule has 0 aliphatic heterocycles. The molecule has 0 bridgehead atoms. The van der Waals surface area contributed by atoms with Gasteiger partial charge in [0.15, 0.2) is 5.03 Å². The number of rotatable bonds is 4. The Morgan fingerprint density at radius 3 is 2.74 bits per heavy atom. The van der Waals surface area contributed by atoms with E-state index in [0.717, 1.165) is 5.56 Å². The molecule has 0 aliphatic carbocycles. The van der Waals surface area contributed by atoms with Gasteiger partial charge in [-0.2, -0.15) is 8.42 Å². The Hall–Kier alpha value is -1.86. The number of imidazole rings is 1. The lowest BCUT2D eigenvalue weighted by atomic mass is 10.2. The molecule has 7 heteroatoms. The number of nitrogens with two attached hydrogens (primary N) is 1. The molecule has 1 heterocycles. The third-order valence-electron chi connectivity index (χ3n) is 2.82. The Morgan fingerprint density at radius 1 is 1.42 bits per heavy atom. The van der Waals surface area contributed by atoms with Gasteiger partial charge in [0.1, 0.15) is 0 Å². The fourth-order valence-electron chi connectivity index (χ4n) is 1.68. The van der Waals surface area contributed by atoms with Gasteiger partial charge in [-0.15, -0.1) is 0 Å². The highest BCUT2D eigenvalue weighted by Crippen LogP contribution is 2.21. The van der Waals surface area contributed by atoms with E-state index in [9.17, 15) is 8.42 Å². The molecule has 0 atom stereocenters. The van der Waals surface area contributed by atoms with Gasteiger partial charge in [0, 0.05) is 26.8 Å². The van der Waals surface area contributed by atoms with Crippen LogP contribution in [0, 0.1) is 0 Å². The third kappa shape index (κ3) is 2.61. The molecule has 6 nitrogen and oxygen atoms in total. The van der Waals surface area contributed by atoms with Crippen LogP contribution in [0.1, 0.15) is 5.56 Å². The average molecular weight is 280 g/mol. The minimum Gasteiger partial charge on any atom is -0.339 e. The van der Waals surface area contributed by atoms with E-state index < -0.39 is 10.0 Å². The number of aryl methyl sites for hydroxylation is 1. The van der Waals surface area contributed by atoms with Crippen LogP contribution in [0.3, 0.4) is 0 Å². The predicted molar refractivity (Wildman–Crippen MR) is 73.1 cm³/mol. The molecule has 2 aromatic rings. The Bertz CT molecular complexity index is 679. The summed E-state index contributed by atoms with van der Waals surface area (Å²) in [7, 11) is -0.413. The molecule has 0 fully saturated rings. The summed E-state index contributed by atoms with van der Waals surface area (Å²) in [6.45, 7) is 0.366. The molecular weight excluding hydrogens is 264 g/mol. The van der Waals surface area contributed by atoms with E-state index in [1.165, 1.54) is 23.9 Å². The van der Waals surface area contributed by atoms with Gasteiger partial charge in [0.25, 0.3) is 10.0 Å². The monoisotopic (exact) mass is 280 g/mol. The molecule has 1 aromatic heterocycles. The molecule has 0 spiro atoms. The molecule has 0 radical (unpaired) electrons. The van der Waals surface area contributed by atoms with Crippen molar-refractivity contribution in [3.8, 4) is 0 Å². The van der Waals surface area contributed by atoms with Crippen molar-refractivity contribution in [2.45, 2.75) is 11.6 Å². The number of benzene rings is 1. The zero-order valence-corrected chi connectivity index (χ0v) is 11.6. The van der Waals surface area contributed by atoms with Crippen molar-refractivity contribution in [2.75, 3.05) is 11.4 Å². The minimum atomic E-state index is -3.64. The summed E-state index contributed by atoms with van der Waals surface area (Å²) in [6, 6.07) is 7.10. The largest absolute Gasteiger partial charge is 0.339 e. The van der Waals surface area contributed by atoms with E-state index in [1.54, 1.807) is 29.8 Å². The predicted octanol–water partition coefficient (Wildman–Crippen LogP) is 0.704. The highest BCUT2D eigenvalue weighted by atomic mass is 32.2. The van der Waals surface area contributed by atoms with Crippen LogP contribution in [0.25, 0.3) is 0 Å². The lowest BCUT2D eigenvalue weighted by molar-refractivity contribution is 0.591. The number of nitrogens with zero attached hydrogens (tertiary/aromatic N) is 3. The van der Waals surface area contributed by atoms with E-state index in [1.807, 2.05) is 6.07 Å². The molecule has 102 valence electrons. The second kappa shape index (κ2) is 5.02. The lowest BCUT2D eigenvalue weighted by Crippen LogP contribution is -2.27. The second-order valence-corrected chi connectivity index (χ2v) is 6.14. The van der Waals surface area contributed by atoms with Gasteiger partial charge in [-0.25, -0.2) is 4.98 Å². The molecule has 1 aromatic carbocycles. The Morgan fingerprint density at radius 2 is 2.16 bits per heavy atom. The number of aromatic nitrogens is 2. The number of hydrogen-bond donors (Lipinski definition) is 1. The van der Waals surface area contributed by atoms with Crippen molar-refractivity contribution in [3.05, 3.63) is 42.4 Å². The van der Waals surface area contributed by atoms with Crippen LogP contribution in [0.2, 0.25) is 0 Å². The molecule has 2 rings (SSSR count). The van der Waals surface area contributed by atoms with Crippen molar-refractivity contribution in [1.29, 1.82) is 0 Å². The SMILES string of the molecule is CN(c1cccc(CN)c1)S(=O)(=O)c1cn(C)cn1. The quantitative estimate of drug-likeness (QED) is 0.894. The second-order valence-electron chi connectivity index (χ2n) is 4.22. The fraction of sp³-hybridized carbons (Fsp3) is 0.250. The van der Waals surface area contributed by atoms with E-state index in [-0.39, 0.29) is 5.03 Å². The standard InChI is InChI=1S/C12H16N4O2S/c1-15-8-12(14-9-15)19(17,18)16(2)11-5-3-4-10(6-11)7-13/h3-6,8-9H,7,13H2,1-2H3. The summed E-state index contributed by atoms with van der Waals surface area (Å²) in [5, 5.41) is 0.0238. The van der Waals surface area contributed by atoms with Gasteiger partial charge in [-0.05, 0) is 17.7 Å². The summed E-state index contributed by atoms with van der Waals surface area (Å²) in [5.74, 6) is 0. The van der Waals surface area contributed by atoms with Crippen LogP contribution in [-0.4, -0.2) is 25.0 Å². The van der Waals surface area contributed by atoms with Gasteiger partial charge in [-0.1, -0.05) is 12.1 Å². The zero-order valence-electron chi connectivity index (χ0n) is 10.8. The summed E-state index contributed by atoms with van der Waals surface area (Å²) in [4.78, 5) is 3.89. The third-order valence-corrected chi connectivity index (χ3v) is 4.49. The van der Waals surface area contributed by atoms with Gasteiger partial charge >= 0.3 is 0 Å². The maximum atomic E-state index is 12.4. The first-order chi connectivity index (χ1) is 8.95. The molecule has 0 saturated carbocycles. The highest BCUT2D eigenvalue weighted by Gasteiger charge is 2.23. The van der Waals surface area contributed by atoms with Gasteiger partial charge in [-0.3, -0.25) is 4.31 Å². The van der Waals surface area contributed by atoms with Crippen LogP contribution < -0.4 is 10.0 Å². The van der Waals surface area contributed by atoms with E-state index in [0.29, 0.717) is 12.2 Å². The zero-order chi connectivity index (χ0) is 14.0. The lowest BCUT2D eigenvalue weighted by Gasteiger charge is -2.18. The molecule has 0 amide bonds. The maximum Gasteiger partial charge on any atom is 0.283 e. The van der Waals surface area contributed by atoms with Crippen molar-refractivity contribution in [1.82, 2.24) is 9.55 Å². The van der Waals surface area contributed by atoms with Crippen molar-refractivity contribution >= 4 is 15.7 Å². The first kappa shape index (κ1) is 13.6. The van der Waals surface area contributed by atoms with Gasteiger partial charge in [0.05, 0.1) is 12.0 Å². The Labute approximate surface area is 112 Å². The molecule has 0 unspecified atom stereocenters. The normalized spacial score (nSPS) is 11.5. The smallest absolute Gasteiger partial charge is 0.283 e. The van der Waals surface area contributed by atoms with Crippen LogP contribution in [-0.2, 0) is 23.6 Å². The number of anilines is 1. The first-order valence-electron chi connectivity index (χ1n) is 5.71. The first-order valence-corrected chi connectivity index (χ1v) is 7.15. The van der Waals surface area contributed by atoms with Crippen LogP contribution >= 0.6 is 0 Å². The molecule has 19 heavy (non-hydrogen) atoms. The molecule has 0 aliphatic rings. The van der Waals surface area contributed by atoms with Gasteiger partial charge < -0.3 is 10.3 Å². The van der Waals surface area contributed by atoms with E-state index >= 15 is 0 Å². The Balaban J connectivity index is 2.40. The van der Waals surface area contributed by atoms with Crippen LogP contribution in [0.5, 0.6) is 0 Å². The van der Waals surface area contributed by atoms with Crippen molar-refractivity contribution in [3.63, 3.8) is 0 Å². The number of hydrogen-bond acceptors (Lipinski definition) is 4. The molecule has 0 saturated heterocycles. The maximum absolute atomic E-state index is 12.4. The topological polar surface area (TPSA) is 81.2 Å². The van der Waals surface area contributed by atoms with E-state index in [2.05, 4.69) is 4.98 Å². The van der Waals surface area contributed by atoms with E-state index in [4.69, 9.17) is 5.73 Å². The van der Waals surface area contributed by atoms with Crippen LogP contribution in [0.15, 0.2) is 41.8 Å². The minimum absolute atomic E-state index is 0.0238. The van der Waals surface area contributed by atoms with Crippen molar-refractivity contribution < 1.29 is 8.42 Å². The summed E-state index contributed by atoms with van der Waals surface area (Å²) in [5.41, 5.74) is 7.00.